The molecule has 0 atom stereocenters. The molecule has 1 rings (SSSR count). The summed E-state index contributed by atoms with van der Waals surface area (Å²) in [5.74, 6) is 0. The van der Waals surface area contributed by atoms with Crippen molar-refractivity contribution in [2.24, 2.45) is 0 Å². The van der Waals surface area contributed by atoms with Crippen LogP contribution in [0.5, 0.6) is 0 Å². The average molecular weight is 163 g/mol. The van der Waals surface area contributed by atoms with Crippen LogP contribution in [0.15, 0.2) is 36.0 Å². The van der Waals surface area contributed by atoms with E-state index in [0.717, 1.165) is 25.9 Å². The average Bonchev–Trinajstić information content (AvgIpc) is 2.15. The van der Waals surface area contributed by atoms with E-state index in [4.69, 9.17) is 0 Å². The molecule has 0 aromatic carbocycles. The fourth-order valence-electron chi connectivity index (χ4n) is 1.37. The second-order valence-corrected chi connectivity index (χ2v) is 2.99. The second-order valence-electron chi connectivity index (χ2n) is 2.99. The van der Waals surface area contributed by atoms with Gasteiger partial charge in [-0.05, 0) is 30.5 Å². The van der Waals surface area contributed by atoms with Gasteiger partial charge in [-0.25, -0.2) is 0 Å². The molecule has 1 heteroatoms. The molecule has 0 amide bonds. The molecular weight excluding hydrogens is 146 g/mol. The smallest absolute Gasteiger partial charge is 0.0208 e. The van der Waals surface area contributed by atoms with E-state index in [1.54, 1.807) is 0 Å². The predicted molar refractivity (Wildman–Crippen MR) is 54.1 cm³/mol. The van der Waals surface area contributed by atoms with E-state index >= 15 is 0 Å². The Kier molecular flexibility index (Phi) is 3.81. The van der Waals surface area contributed by atoms with Crippen molar-refractivity contribution in [2.75, 3.05) is 13.1 Å². The summed E-state index contributed by atoms with van der Waals surface area (Å²) in [5, 5.41) is 3.33. The van der Waals surface area contributed by atoms with E-state index in [2.05, 4.69) is 31.0 Å². The van der Waals surface area contributed by atoms with E-state index in [1.807, 2.05) is 6.08 Å². The van der Waals surface area contributed by atoms with Crippen LogP contribution in [0.4, 0.5) is 0 Å². The molecular formula is C11H17N. The highest BCUT2D eigenvalue weighted by atomic mass is 14.9. The summed E-state index contributed by atoms with van der Waals surface area (Å²) >= 11 is 0. The van der Waals surface area contributed by atoms with Gasteiger partial charge in [0.05, 0.1) is 0 Å². The minimum Gasteiger partial charge on any atom is -0.312 e. The van der Waals surface area contributed by atoms with Crippen molar-refractivity contribution in [3.63, 3.8) is 0 Å². The third-order valence-corrected chi connectivity index (χ3v) is 2.10. The lowest BCUT2D eigenvalue weighted by Crippen LogP contribution is -2.23. The van der Waals surface area contributed by atoms with E-state index in [1.165, 1.54) is 11.1 Å². The molecule has 0 fully saturated rings. The first-order valence-corrected chi connectivity index (χ1v) is 4.60. The topological polar surface area (TPSA) is 12.0 Å². The largest absolute Gasteiger partial charge is 0.312 e. The first-order chi connectivity index (χ1) is 5.88. The number of hydrogen-bond donors (Lipinski definition) is 1. The van der Waals surface area contributed by atoms with Crippen LogP contribution < -0.4 is 5.32 Å². The Morgan fingerprint density at radius 1 is 1.50 bits per heavy atom. The maximum atomic E-state index is 3.81. The van der Waals surface area contributed by atoms with Gasteiger partial charge in [-0.2, -0.15) is 0 Å². The molecule has 1 nitrogen and oxygen atoms in total. The van der Waals surface area contributed by atoms with Crippen molar-refractivity contribution < 1.29 is 0 Å². The number of rotatable bonds is 3. The third kappa shape index (κ3) is 2.35. The molecule has 0 spiro atoms. The lowest BCUT2D eigenvalue weighted by Gasteiger charge is -2.16. The first-order valence-electron chi connectivity index (χ1n) is 4.60. The van der Waals surface area contributed by atoms with Gasteiger partial charge >= 0.3 is 0 Å². The van der Waals surface area contributed by atoms with Gasteiger partial charge in [-0.15, -0.1) is 0 Å². The molecule has 0 aliphatic carbocycles. The monoisotopic (exact) mass is 163 g/mol. The van der Waals surface area contributed by atoms with Gasteiger partial charge < -0.3 is 5.32 Å². The highest BCUT2D eigenvalue weighted by Gasteiger charge is 2.05. The molecule has 1 N–H and O–H groups in total. The van der Waals surface area contributed by atoms with Crippen LogP contribution in [0.1, 0.15) is 19.8 Å². The Morgan fingerprint density at radius 2 is 2.33 bits per heavy atom. The summed E-state index contributed by atoms with van der Waals surface area (Å²) in [4.78, 5) is 0. The molecule has 0 aromatic heterocycles. The Balaban J connectivity index is 2.72. The maximum Gasteiger partial charge on any atom is 0.0208 e. The standard InChI is InChI=1S/C11H17N/c1-3-5-6-11-7-8-12-9-10(11)4-2/h4-6,12H,2-3,7-9H2,1H3/b6-5-. The molecule has 0 saturated carbocycles. The fraction of sp³-hybridized carbons (Fsp3) is 0.455. The molecule has 0 aromatic rings. The number of allylic oxidation sites excluding steroid dienone is 2. The quantitative estimate of drug-likeness (QED) is 0.673. The summed E-state index contributed by atoms with van der Waals surface area (Å²) < 4.78 is 0. The van der Waals surface area contributed by atoms with Gasteiger partial charge in [0.1, 0.15) is 0 Å². The molecule has 0 bridgehead atoms. The second kappa shape index (κ2) is 4.94. The Bertz CT molecular complexity index is 211. The van der Waals surface area contributed by atoms with Crippen molar-refractivity contribution in [3.05, 3.63) is 36.0 Å². The SMILES string of the molecule is C=CC1=C(/C=C\CC)CCNC1. The molecule has 1 aliphatic rings. The van der Waals surface area contributed by atoms with Crippen LogP contribution >= 0.6 is 0 Å². The van der Waals surface area contributed by atoms with E-state index in [0.29, 0.717) is 0 Å². The zero-order valence-electron chi connectivity index (χ0n) is 7.77. The normalized spacial score (nSPS) is 18.8. The Morgan fingerprint density at radius 3 is 3.00 bits per heavy atom. The summed E-state index contributed by atoms with van der Waals surface area (Å²) in [7, 11) is 0. The van der Waals surface area contributed by atoms with Gasteiger partial charge in [0.15, 0.2) is 0 Å². The Hall–Kier alpha value is -0.820. The molecule has 0 radical (unpaired) electrons. The molecule has 0 saturated heterocycles. The number of hydrogen-bond acceptors (Lipinski definition) is 1. The molecule has 0 unspecified atom stereocenters. The lowest BCUT2D eigenvalue weighted by atomic mass is 10.0. The molecule has 66 valence electrons. The molecule has 12 heavy (non-hydrogen) atoms. The molecule has 1 heterocycles. The van der Waals surface area contributed by atoms with Crippen LogP contribution in [-0.4, -0.2) is 13.1 Å². The minimum absolute atomic E-state index is 0.979. The van der Waals surface area contributed by atoms with Crippen molar-refractivity contribution in [1.82, 2.24) is 5.32 Å². The van der Waals surface area contributed by atoms with Crippen molar-refractivity contribution in [1.29, 1.82) is 0 Å². The van der Waals surface area contributed by atoms with Crippen LogP contribution in [-0.2, 0) is 0 Å². The first kappa shape index (κ1) is 9.27. The summed E-state index contributed by atoms with van der Waals surface area (Å²) in [6.07, 6.45) is 8.66. The maximum absolute atomic E-state index is 3.81. The summed E-state index contributed by atoms with van der Waals surface area (Å²) in [6.45, 7) is 8.05. The van der Waals surface area contributed by atoms with Gasteiger partial charge in [0.25, 0.3) is 0 Å². The van der Waals surface area contributed by atoms with Gasteiger partial charge in [-0.1, -0.05) is 31.7 Å². The van der Waals surface area contributed by atoms with Crippen LogP contribution in [0.25, 0.3) is 0 Å². The van der Waals surface area contributed by atoms with Crippen molar-refractivity contribution in [2.45, 2.75) is 19.8 Å². The van der Waals surface area contributed by atoms with Crippen molar-refractivity contribution in [3.8, 4) is 0 Å². The zero-order valence-corrected chi connectivity index (χ0v) is 7.77. The lowest BCUT2D eigenvalue weighted by molar-refractivity contribution is 0.695. The molecule has 1 aliphatic heterocycles. The van der Waals surface area contributed by atoms with Crippen LogP contribution in [0.3, 0.4) is 0 Å². The van der Waals surface area contributed by atoms with Gasteiger partial charge in [0, 0.05) is 6.54 Å². The third-order valence-electron chi connectivity index (χ3n) is 2.10. The summed E-state index contributed by atoms with van der Waals surface area (Å²) in [5.41, 5.74) is 2.80. The van der Waals surface area contributed by atoms with Gasteiger partial charge in [0.2, 0.25) is 0 Å². The fourth-order valence-corrected chi connectivity index (χ4v) is 1.37. The predicted octanol–water partition coefficient (Wildman–Crippen LogP) is 2.43. The highest BCUT2D eigenvalue weighted by molar-refractivity contribution is 5.35. The van der Waals surface area contributed by atoms with Crippen molar-refractivity contribution >= 4 is 0 Å². The zero-order chi connectivity index (χ0) is 8.81. The highest BCUT2D eigenvalue weighted by Crippen LogP contribution is 2.14. The van der Waals surface area contributed by atoms with E-state index < -0.39 is 0 Å². The van der Waals surface area contributed by atoms with Crippen LogP contribution in [0, 0.1) is 0 Å². The minimum atomic E-state index is 0.979. The van der Waals surface area contributed by atoms with E-state index in [9.17, 15) is 0 Å². The van der Waals surface area contributed by atoms with E-state index in [-0.39, 0.29) is 0 Å². The Labute approximate surface area is 74.9 Å². The van der Waals surface area contributed by atoms with Crippen LogP contribution in [0.2, 0.25) is 0 Å². The summed E-state index contributed by atoms with van der Waals surface area (Å²) in [6, 6.07) is 0. The van der Waals surface area contributed by atoms with Gasteiger partial charge in [-0.3, -0.25) is 0 Å². The number of nitrogens with one attached hydrogen (secondary N) is 1.